The zero-order valence-electron chi connectivity index (χ0n) is 18.0. The van der Waals surface area contributed by atoms with E-state index in [-0.39, 0.29) is 10.8 Å². The summed E-state index contributed by atoms with van der Waals surface area (Å²) in [5.74, 6) is 0.331. The van der Waals surface area contributed by atoms with Gasteiger partial charge in [-0.05, 0) is 79.1 Å². The van der Waals surface area contributed by atoms with Crippen LogP contribution in [-0.4, -0.2) is 28.5 Å². The molecule has 162 valence electrons. The number of carbonyl (C=O) groups excluding carboxylic acids is 1. The molecule has 3 aromatic carbocycles. The maximum absolute atomic E-state index is 13.0. The number of nitrogens with one attached hydrogen (secondary N) is 1. The van der Waals surface area contributed by atoms with E-state index < -0.39 is 10.0 Å². The molecule has 0 aliphatic carbocycles. The molecular weight excluding hydrogens is 412 g/mol. The molecule has 0 spiro atoms. The lowest BCUT2D eigenvalue weighted by atomic mass is 10.1. The van der Waals surface area contributed by atoms with Gasteiger partial charge in [0.25, 0.3) is 15.9 Å². The highest BCUT2D eigenvalue weighted by Gasteiger charge is 2.23. The summed E-state index contributed by atoms with van der Waals surface area (Å²) in [7, 11) is -0.729. The fourth-order valence-corrected chi connectivity index (χ4v) is 4.47. The third kappa shape index (κ3) is 4.88. The van der Waals surface area contributed by atoms with E-state index in [4.69, 9.17) is 4.74 Å². The number of nitrogens with zero attached hydrogens (tertiary/aromatic N) is 1. The first-order chi connectivity index (χ1) is 14.8. The molecule has 0 heterocycles. The second-order valence-electron chi connectivity index (χ2n) is 7.15. The Bertz CT molecular complexity index is 1170. The summed E-state index contributed by atoms with van der Waals surface area (Å²) >= 11 is 0. The third-order valence-electron chi connectivity index (χ3n) is 5.14. The fraction of sp³-hybridized carbons (Fsp3) is 0.208. The van der Waals surface area contributed by atoms with Crippen LogP contribution >= 0.6 is 0 Å². The molecule has 0 radical (unpaired) electrons. The quantitative estimate of drug-likeness (QED) is 0.583. The van der Waals surface area contributed by atoms with Crippen LogP contribution in [-0.2, 0) is 16.4 Å². The summed E-state index contributed by atoms with van der Waals surface area (Å²) in [4.78, 5) is 12.8. The predicted molar refractivity (Wildman–Crippen MR) is 124 cm³/mol. The summed E-state index contributed by atoms with van der Waals surface area (Å²) in [6, 6.07) is 18.9. The Morgan fingerprint density at radius 3 is 2.19 bits per heavy atom. The largest absolute Gasteiger partial charge is 0.497 e. The van der Waals surface area contributed by atoms with Crippen LogP contribution in [0.5, 0.6) is 5.75 Å². The number of rotatable bonds is 7. The standard InChI is InChI=1S/C24H26N2O4S/c1-5-18-6-9-20(10-7-18)25-24(27)19-8-15-23(17(2)16-19)26(3)31(28,29)22-13-11-21(30-4)12-14-22/h6-16H,5H2,1-4H3,(H,25,27). The molecule has 0 aromatic heterocycles. The van der Waals surface area contributed by atoms with E-state index in [9.17, 15) is 13.2 Å². The van der Waals surface area contributed by atoms with Gasteiger partial charge in [-0.3, -0.25) is 9.10 Å². The van der Waals surface area contributed by atoms with E-state index in [0.717, 1.165) is 6.42 Å². The van der Waals surface area contributed by atoms with Crippen LogP contribution in [0, 0.1) is 6.92 Å². The maximum atomic E-state index is 13.0. The van der Waals surface area contributed by atoms with Gasteiger partial charge < -0.3 is 10.1 Å². The zero-order chi connectivity index (χ0) is 22.6. The Kier molecular flexibility index (Phi) is 6.65. The first kappa shape index (κ1) is 22.4. The molecule has 31 heavy (non-hydrogen) atoms. The highest BCUT2D eigenvalue weighted by atomic mass is 32.2. The molecule has 3 rings (SSSR count). The first-order valence-corrected chi connectivity index (χ1v) is 11.3. The van der Waals surface area contributed by atoms with Gasteiger partial charge in [0.1, 0.15) is 5.75 Å². The minimum absolute atomic E-state index is 0.160. The summed E-state index contributed by atoms with van der Waals surface area (Å²) in [5.41, 5.74) is 3.53. The van der Waals surface area contributed by atoms with Crippen molar-refractivity contribution in [3.63, 3.8) is 0 Å². The van der Waals surface area contributed by atoms with Crippen LogP contribution in [0.2, 0.25) is 0 Å². The summed E-state index contributed by atoms with van der Waals surface area (Å²) in [6.45, 7) is 3.85. The minimum Gasteiger partial charge on any atom is -0.497 e. The van der Waals surface area contributed by atoms with Crippen molar-refractivity contribution in [1.82, 2.24) is 0 Å². The van der Waals surface area contributed by atoms with Gasteiger partial charge in [0.05, 0.1) is 17.7 Å². The van der Waals surface area contributed by atoms with Gasteiger partial charge in [0, 0.05) is 18.3 Å². The SMILES string of the molecule is CCc1ccc(NC(=O)c2ccc(N(C)S(=O)(=O)c3ccc(OC)cc3)c(C)c2)cc1. The van der Waals surface area contributed by atoms with Crippen LogP contribution in [0.4, 0.5) is 11.4 Å². The highest BCUT2D eigenvalue weighted by Crippen LogP contribution is 2.27. The Hall–Kier alpha value is -3.32. The monoisotopic (exact) mass is 438 g/mol. The maximum Gasteiger partial charge on any atom is 0.264 e. The molecule has 7 heteroatoms. The van der Waals surface area contributed by atoms with Gasteiger partial charge in [0.2, 0.25) is 0 Å². The van der Waals surface area contributed by atoms with Gasteiger partial charge in [-0.2, -0.15) is 0 Å². The van der Waals surface area contributed by atoms with Crippen LogP contribution in [0.15, 0.2) is 71.6 Å². The molecular formula is C24H26N2O4S. The molecule has 0 bridgehead atoms. The number of carbonyl (C=O) groups is 1. The van der Waals surface area contributed by atoms with Crippen molar-refractivity contribution in [2.45, 2.75) is 25.2 Å². The van der Waals surface area contributed by atoms with Gasteiger partial charge in [-0.15, -0.1) is 0 Å². The molecule has 0 fully saturated rings. The highest BCUT2D eigenvalue weighted by molar-refractivity contribution is 7.92. The van der Waals surface area contributed by atoms with Crippen LogP contribution in [0.25, 0.3) is 0 Å². The molecule has 0 saturated heterocycles. The van der Waals surface area contributed by atoms with Crippen molar-refractivity contribution < 1.29 is 17.9 Å². The lowest BCUT2D eigenvalue weighted by molar-refractivity contribution is 0.102. The molecule has 0 aliphatic rings. The van der Waals surface area contributed by atoms with Crippen molar-refractivity contribution in [3.8, 4) is 5.75 Å². The average molecular weight is 439 g/mol. The number of ether oxygens (including phenoxy) is 1. The molecule has 6 nitrogen and oxygen atoms in total. The van der Waals surface area contributed by atoms with E-state index in [1.165, 1.54) is 36.2 Å². The van der Waals surface area contributed by atoms with E-state index >= 15 is 0 Å². The van der Waals surface area contributed by atoms with E-state index in [1.807, 2.05) is 24.3 Å². The lowest BCUT2D eigenvalue weighted by Gasteiger charge is -2.22. The zero-order valence-corrected chi connectivity index (χ0v) is 18.9. The van der Waals surface area contributed by atoms with E-state index in [2.05, 4.69) is 12.2 Å². The van der Waals surface area contributed by atoms with Crippen LogP contribution in [0.1, 0.15) is 28.4 Å². The van der Waals surface area contributed by atoms with Gasteiger partial charge in [-0.25, -0.2) is 8.42 Å². The number of methoxy groups -OCH3 is 1. The van der Waals surface area contributed by atoms with E-state index in [1.54, 1.807) is 37.3 Å². The van der Waals surface area contributed by atoms with Crippen molar-refractivity contribution >= 4 is 27.3 Å². The van der Waals surface area contributed by atoms with Gasteiger partial charge in [-0.1, -0.05) is 19.1 Å². The van der Waals surface area contributed by atoms with Crippen molar-refractivity contribution in [3.05, 3.63) is 83.4 Å². The van der Waals surface area contributed by atoms with E-state index in [0.29, 0.717) is 28.3 Å². The molecule has 1 amide bonds. The molecule has 0 atom stereocenters. The van der Waals surface area contributed by atoms with Crippen molar-refractivity contribution in [2.75, 3.05) is 23.8 Å². The van der Waals surface area contributed by atoms with Crippen LogP contribution in [0.3, 0.4) is 0 Å². The number of hydrogen-bond donors (Lipinski definition) is 1. The second-order valence-corrected chi connectivity index (χ2v) is 9.12. The smallest absolute Gasteiger partial charge is 0.264 e. The lowest BCUT2D eigenvalue weighted by Crippen LogP contribution is -2.27. The molecule has 0 saturated carbocycles. The number of aryl methyl sites for hydroxylation is 2. The number of sulfonamides is 1. The first-order valence-electron chi connectivity index (χ1n) is 9.90. The Labute approximate surface area is 183 Å². The molecule has 0 unspecified atom stereocenters. The summed E-state index contributed by atoms with van der Waals surface area (Å²) < 4.78 is 32.3. The summed E-state index contributed by atoms with van der Waals surface area (Å²) in [6.07, 6.45) is 0.932. The fourth-order valence-electron chi connectivity index (χ4n) is 3.21. The summed E-state index contributed by atoms with van der Waals surface area (Å²) in [5, 5.41) is 2.87. The number of amides is 1. The number of benzene rings is 3. The topological polar surface area (TPSA) is 75.7 Å². The number of hydrogen-bond acceptors (Lipinski definition) is 4. The molecule has 1 N–H and O–H groups in total. The second kappa shape index (κ2) is 9.22. The average Bonchev–Trinajstić information content (AvgIpc) is 2.79. The molecule has 3 aromatic rings. The van der Waals surface area contributed by atoms with Crippen LogP contribution < -0.4 is 14.4 Å². The Balaban J connectivity index is 1.80. The predicted octanol–water partition coefficient (Wildman–Crippen LogP) is 4.64. The van der Waals surface area contributed by atoms with Gasteiger partial charge in [0.15, 0.2) is 0 Å². The molecule has 0 aliphatic heterocycles. The van der Waals surface area contributed by atoms with Gasteiger partial charge >= 0.3 is 0 Å². The Morgan fingerprint density at radius 1 is 1.00 bits per heavy atom. The minimum atomic E-state index is -3.75. The normalized spacial score (nSPS) is 11.1. The Morgan fingerprint density at radius 2 is 1.65 bits per heavy atom. The number of anilines is 2. The van der Waals surface area contributed by atoms with Crippen molar-refractivity contribution in [2.24, 2.45) is 0 Å². The third-order valence-corrected chi connectivity index (χ3v) is 6.92. The van der Waals surface area contributed by atoms with Crippen molar-refractivity contribution in [1.29, 1.82) is 0 Å².